The molecule has 1 unspecified atom stereocenters. The Morgan fingerprint density at radius 2 is 2.00 bits per heavy atom. The van der Waals surface area contributed by atoms with Gasteiger partial charge in [0, 0.05) is 35.4 Å². The predicted octanol–water partition coefficient (Wildman–Crippen LogP) is 4.00. The average molecular weight is 506 g/mol. The van der Waals surface area contributed by atoms with E-state index in [0.717, 1.165) is 21.3 Å². The van der Waals surface area contributed by atoms with Crippen LogP contribution in [0.1, 0.15) is 50.8 Å². The van der Waals surface area contributed by atoms with Crippen LogP contribution in [0.15, 0.2) is 65.4 Å². The second kappa shape index (κ2) is 8.74. The van der Waals surface area contributed by atoms with E-state index in [2.05, 4.69) is 31.1 Å². The fourth-order valence-electron chi connectivity index (χ4n) is 4.16. The molecule has 1 aliphatic heterocycles. The van der Waals surface area contributed by atoms with Crippen molar-refractivity contribution in [1.29, 1.82) is 0 Å². The van der Waals surface area contributed by atoms with Crippen molar-refractivity contribution in [2.45, 2.75) is 25.9 Å². The van der Waals surface area contributed by atoms with Gasteiger partial charge < -0.3 is 9.64 Å². The van der Waals surface area contributed by atoms with Crippen LogP contribution in [-0.2, 0) is 17.7 Å². The highest BCUT2D eigenvalue weighted by molar-refractivity contribution is 9.10. The summed E-state index contributed by atoms with van der Waals surface area (Å²) in [7, 11) is 0. The molecule has 4 aromatic rings. The minimum absolute atomic E-state index is 0.0174. The Hall–Kier alpha value is -3.59. The number of carbonyl (C=O) groups is 2. The quantitative estimate of drug-likeness (QED) is 0.368. The fraction of sp³-hybridized carbons (Fsp3) is 0.208. The molecule has 1 atom stereocenters. The first-order chi connectivity index (χ1) is 16.1. The Morgan fingerprint density at radius 1 is 1.15 bits per heavy atom. The third-order valence-corrected chi connectivity index (χ3v) is 6.42. The van der Waals surface area contributed by atoms with E-state index in [4.69, 9.17) is 4.74 Å². The fourth-order valence-corrected chi connectivity index (χ4v) is 4.58. The maximum Gasteiger partial charge on any atom is 0.376 e. The number of aromatic nitrogens is 4. The normalized spacial score (nSPS) is 15.2. The van der Waals surface area contributed by atoms with Crippen LogP contribution in [0.3, 0.4) is 0 Å². The zero-order chi connectivity index (χ0) is 22.9. The van der Waals surface area contributed by atoms with Gasteiger partial charge in [0.15, 0.2) is 5.65 Å². The van der Waals surface area contributed by atoms with Gasteiger partial charge in [-0.2, -0.15) is 0 Å². The molecule has 33 heavy (non-hydrogen) atoms. The number of esters is 1. The number of ether oxygens (including phenoxy) is 1. The molecule has 0 spiro atoms. The third-order valence-electron chi connectivity index (χ3n) is 5.69. The highest BCUT2D eigenvalue weighted by Crippen LogP contribution is 2.37. The van der Waals surface area contributed by atoms with Crippen LogP contribution in [0, 0.1) is 0 Å². The smallest absolute Gasteiger partial charge is 0.376 e. The number of hydrogen-bond donors (Lipinski definition) is 0. The van der Waals surface area contributed by atoms with Gasteiger partial charge in [-0.15, -0.1) is 10.2 Å². The molecule has 1 aromatic carbocycles. The summed E-state index contributed by atoms with van der Waals surface area (Å²) < 4.78 is 7.54. The molecule has 0 bridgehead atoms. The second-order valence-corrected chi connectivity index (χ2v) is 8.53. The standard InChI is InChI=1S/C24H20BrN5O3/c1-2-33-24(32)22-28-27-21-12-15(9-11-29(21)22)14-30-20(13-19-18(25)8-5-10-26-19)16-6-3-4-7-17(16)23(30)31/h3-12,20H,2,13-14H2,1H3. The second-order valence-electron chi connectivity index (χ2n) is 7.68. The van der Waals surface area contributed by atoms with E-state index in [1.54, 1.807) is 23.7 Å². The van der Waals surface area contributed by atoms with E-state index in [1.165, 1.54) is 0 Å². The van der Waals surface area contributed by atoms with Crippen molar-refractivity contribution < 1.29 is 14.3 Å². The summed E-state index contributed by atoms with van der Waals surface area (Å²) in [4.78, 5) is 31.8. The highest BCUT2D eigenvalue weighted by atomic mass is 79.9. The molecule has 0 radical (unpaired) electrons. The van der Waals surface area contributed by atoms with Crippen molar-refractivity contribution >= 4 is 33.5 Å². The number of pyridine rings is 2. The van der Waals surface area contributed by atoms with Crippen molar-refractivity contribution in [3.8, 4) is 0 Å². The van der Waals surface area contributed by atoms with Gasteiger partial charge in [0.25, 0.3) is 5.91 Å². The Morgan fingerprint density at radius 3 is 2.82 bits per heavy atom. The topological polar surface area (TPSA) is 89.7 Å². The number of fused-ring (bicyclic) bond motifs is 2. The monoisotopic (exact) mass is 505 g/mol. The van der Waals surface area contributed by atoms with Crippen LogP contribution in [-0.4, -0.2) is 43.0 Å². The predicted molar refractivity (Wildman–Crippen MR) is 124 cm³/mol. The zero-order valence-electron chi connectivity index (χ0n) is 17.8. The van der Waals surface area contributed by atoms with Gasteiger partial charge in [-0.25, -0.2) is 4.79 Å². The minimum atomic E-state index is -0.524. The van der Waals surface area contributed by atoms with E-state index in [0.29, 0.717) is 24.2 Å². The Balaban J connectivity index is 1.47. The molecule has 5 rings (SSSR count). The molecular weight excluding hydrogens is 486 g/mol. The first kappa shape index (κ1) is 21.3. The van der Waals surface area contributed by atoms with Crippen molar-refractivity contribution in [1.82, 2.24) is 24.5 Å². The maximum atomic E-state index is 13.3. The maximum absolute atomic E-state index is 13.3. The van der Waals surface area contributed by atoms with Gasteiger partial charge in [-0.05, 0) is 64.3 Å². The van der Waals surface area contributed by atoms with E-state index in [9.17, 15) is 9.59 Å². The zero-order valence-corrected chi connectivity index (χ0v) is 19.4. The molecule has 9 heteroatoms. The molecular formula is C24H20BrN5O3. The van der Waals surface area contributed by atoms with Gasteiger partial charge in [0.2, 0.25) is 5.82 Å². The Kier molecular flexibility index (Phi) is 5.63. The lowest BCUT2D eigenvalue weighted by Crippen LogP contribution is -2.29. The molecule has 4 heterocycles. The molecule has 1 amide bonds. The lowest BCUT2D eigenvalue weighted by Gasteiger charge is -2.26. The lowest BCUT2D eigenvalue weighted by atomic mass is 10.0. The third kappa shape index (κ3) is 3.89. The molecule has 0 N–H and O–H groups in total. The number of hydrogen-bond acceptors (Lipinski definition) is 6. The molecule has 0 aliphatic carbocycles. The van der Waals surface area contributed by atoms with Gasteiger partial charge in [0.05, 0.1) is 18.3 Å². The molecule has 0 saturated heterocycles. The van der Waals surface area contributed by atoms with Crippen molar-refractivity contribution in [2.75, 3.05) is 6.61 Å². The molecule has 166 valence electrons. The molecule has 0 saturated carbocycles. The summed E-state index contributed by atoms with van der Waals surface area (Å²) >= 11 is 3.58. The summed E-state index contributed by atoms with van der Waals surface area (Å²) in [5, 5.41) is 8.07. The van der Waals surface area contributed by atoms with Crippen LogP contribution in [0.5, 0.6) is 0 Å². The summed E-state index contributed by atoms with van der Waals surface area (Å²) in [6, 6.07) is 15.1. The molecule has 1 aliphatic rings. The number of halogens is 1. The first-order valence-corrected chi connectivity index (χ1v) is 11.4. The van der Waals surface area contributed by atoms with Gasteiger partial charge in [-0.1, -0.05) is 18.2 Å². The van der Waals surface area contributed by atoms with Crippen LogP contribution >= 0.6 is 15.9 Å². The van der Waals surface area contributed by atoms with Gasteiger partial charge in [0.1, 0.15) is 0 Å². The van der Waals surface area contributed by atoms with E-state index >= 15 is 0 Å². The highest BCUT2D eigenvalue weighted by Gasteiger charge is 2.37. The van der Waals surface area contributed by atoms with Gasteiger partial charge >= 0.3 is 5.97 Å². The summed E-state index contributed by atoms with van der Waals surface area (Å²) in [5.74, 6) is -0.416. The van der Waals surface area contributed by atoms with Crippen LogP contribution in [0.2, 0.25) is 0 Å². The van der Waals surface area contributed by atoms with Crippen molar-refractivity contribution in [3.63, 3.8) is 0 Å². The number of benzene rings is 1. The van der Waals surface area contributed by atoms with Crippen molar-refractivity contribution in [3.05, 3.63) is 93.6 Å². The largest absolute Gasteiger partial charge is 0.460 e. The van der Waals surface area contributed by atoms with Crippen LogP contribution in [0.4, 0.5) is 0 Å². The average Bonchev–Trinajstić information content (AvgIpc) is 3.36. The first-order valence-electron chi connectivity index (χ1n) is 10.6. The van der Waals surface area contributed by atoms with Gasteiger partial charge in [-0.3, -0.25) is 14.2 Å². The number of amides is 1. The van der Waals surface area contributed by atoms with E-state index in [-0.39, 0.29) is 24.4 Å². The summed E-state index contributed by atoms with van der Waals surface area (Å²) in [6.45, 7) is 2.39. The number of carbonyl (C=O) groups excluding carboxylic acids is 2. The van der Waals surface area contributed by atoms with Crippen LogP contribution < -0.4 is 0 Å². The molecule has 8 nitrogen and oxygen atoms in total. The SMILES string of the molecule is CCOC(=O)c1nnc2cc(CN3C(=O)c4ccccc4C3Cc3ncccc3Br)ccn12. The summed E-state index contributed by atoms with van der Waals surface area (Å²) in [5.41, 5.74) is 4.00. The molecule has 3 aromatic heterocycles. The van der Waals surface area contributed by atoms with E-state index in [1.807, 2.05) is 53.4 Å². The van der Waals surface area contributed by atoms with E-state index < -0.39 is 5.97 Å². The molecule has 0 fully saturated rings. The lowest BCUT2D eigenvalue weighted by molar-refractivity contribution is 0.0510. The Bertz CT molecular complexity index is 1370. The number of rotatable bonds is 6. The minimum Gasteiger partial charge on any atom is -0.460 e. The summed E-state index contributed by atoms with van der Waals surface area (Å²) in [6.07, 6.45) is 4.08. The van der Waals surface area contributed by atoms with Crippen LogP contribution in [0.25, 0.3) is 5.65 Å². The van der Waals surface area contributed by atoms with Crippen molar-refractivity contribution in [2.24, 2.45) is 0 Å². The number of nitrogens with zero attached hydrogens (tertiary/aromatic N) is 5. The Labute approximate surface area is 198 Å².